The van der Waals surface area contributed by atoms with Gasteiger partial charge in [-0.1, -0.05) is 41.0 Å². The maximum atomic E-state index is 6.42. The molecule has 2 fully saturated rings. The molecule has 142 valence electrons. The fourth-order valence-corrected chi connectivity index (χ4v) is 4.20. The highest BCUT2D eigenvalue weighted by atomic mass is 16.7. The molecule has 3 nitrogen and oxygen atoms in total. The standard InChI is InChI=1S/C21H41NO2/c1-7-8-14-22(6)15-11-19-16-23-21(24-19)12-9-18(10-13-21)20(4,5)17(2)3/h17-19H,7-16H2,1-6H3. The van der Waals surface area contributed by atoms with E-state index in [2.05, 4.69) is 46.6 Å². The monoisotopic (exact) mass is 339 g/mol. The number of nitrogens with zero attached hydrogens (tertiary/aromatic N) is 1. The first-order chi connectivity index (χ1) is 11.3. The number of unbranched alkanes of at least 4 members (excludes halogenated alkanes) is 1. The number of ether oxygens (including phenoxy) is 2. The fourth-order valence-electron chi connectivity index (χ4n) is 4.20. The molecule has 24 heavy (non-hydrogen) atoms. The average molecular weight is 340 g/mol. The molecule has 0 aromatic heterocycles. The van der Waals surface area contributed by atoms with Gasteiger partial charge in [0.25, 0.3) is 0 Å². The van der Waals surface area contributed by atoms with Gasteiger partial charge in [-0.3, -0.25) is 0 Å². The van der Waals surface area contributed by atoms with E-state index in [1.54, 1.807) is 0 Å². The van der Waals surface area contributed by atoms with Gasteiger partial charge in [0.1, 0.15) is 0 Å². The summed E-state index contributed by atoms with van der Waals surface area (Å²) in [7, 11) is 2.22. The second kappa shape index (κ2) is 8.51. The molecule has 0 aromatic rings. The lowest BCUT2D eigenvalue weighted by Crippen LogP contribution is -2.41. The van der Waals surface area contributed by atoms with Gasteiger partial charge >= 0.3 is 0 Å². The van der Waals surface area contributed by atoms with Crippen LogP contribution in [0.2, 0.25) is 0 Å². The van der Waals surface area contributed by atoms with Crippen LogP contribution in [0.25, 0.3) is 0 Å². The van der Waals surface area contributed by atoms with E-state index >= 15 is 0 Å². The molecule has 1 unspecified atom stereocenters. The Hall–Kier alpha value is -0.120. The van der Waals surface area contributed by atoms with Crippen molar-refractivity contribution in [3.63, 3.8) is 0 Å². The van der Waals surface area contributed by atoms with Crippen LogP contribution in [0.3, 0.4) is 0 Å². The number of hydrogen-bond acceptors (Lipinski definition) is 3. The normalized spacial score (nSPS) is 31.5. The summed E-state index contributed by atoms with van der Waals surface area (Å²) in [6, 6.07) is 0. The third-order valence-corrected chi connectivity index (χ3v) is 6.93. The minimum Gasteiger partial charge on any atom is -0.347 e. The highest BCUT2D eigenvalue weighted by Gasteiger charge is 2.46. The van der Waals surface area contributed by atoms with E-state index in [9.17, 15) is 0 Å². The summed E-state index contributed by atoms with van der Waals surface area (Å²) in [6.07, 6.45) is 8.60. The van der Waals surface area contributed by atoms with E-state index in [0.29, 0.717) is 11.5 Å². The molecule has 1 atom stereocenters. The van der Waals surface area contributed by atoms with Gasteiger partial charge in [0.2, 0.25) is 0 Å². The summed E-state index contributed by atoms with van der Waals surface area (Å²) < 4.78 is 12.6. The van der Waals surface area contributed by atoms with Gasteiger partial charge in [-0.2, -0.15) is 0 Å². The molecular weight excluding hydrogens is 298 g/mol. The Morgan fingerprint density at radius 1 is 1.17 bits per heavy atom. The quantitative estimate of drug-likeness (QED) is 0.614. The molecule has 0 bridgehead atoms. The molecule has 0 aromatic carbocycles. The van der Waals surface area contributed by atoms with Crippen LogP contribution in [-0.2, 0) is 9.47 Å². The van der Waals surface area contributed by atoms with Crippen LogP contribution >= 0.6 is 0 Å². The minimum absolute atomic E-state index is 0.254. The zero-order chi connectivity index (χ0) is 17.8. The first-order valence-electron chi connectivity index (χ1n) is 10.3. The lowest BCUT2D eigenvalue weighted by Gasteiger charge is -2.44. The lowest BCUT2D eigenvalue weighted by molar-refractivity contribution is -0.198. The van der Waals surface area contributed by atoms with Crippen molar-refractivity contribution in [1.82, 2.24) is 4.90 Å². The largest absolute Gasteiger partial charge is 0.347 e. The Labute approximate surface area is 150 Å². The molecule has 3 heteroatoms. The van der Waals surface area contributed by atoms with Crippen LogP contribution in [0.15, 0.2) is 0 Å². The van der Waals surface area contributed by atoms with Crippen molar-refractivity contribution in [2.45, 2.75) is 91.5 Å². The molecule has 1 heterocycles. The van der Waals surface area contributed by atoms with Crippen molar-refractivity contribution < 1.29 is 9.47 Å². The van der Waals surface area contributed by atoms with Crippen molar-refractivity contribution in [3.05, 3.63) is 0 Å². The van der Waals surface area contributed by atoms with Crippen molar-refractivity contribution in [3.8, 4) is 0 Å². The molecule has 1 saturated carbocycles. The van der Waals surface area contributed by atoms with E-state index in [0.717, 1.165) is 44.2 Å². The summed E-state index contributed by atoms with van der Waals surface area (Å²) in [6.45, 7) is 14.9. The predicted octanol–water partition coefficient (Wildman–Crippen LogP) is 5.09. The van der Waals surface area contributed by atoms with Crippen LogP contribution in [0, 0.1) is 17.3 Å². The summed E-state index contributed by atoms with van der Waals surface area (Å²) in [5.74, 6) is 1.28. The van der Waals surface area contributed by atoms with Crippen LogP contribution < -0.4 is 0 Å². The maximum absolute atomic E-state index is 6.42. The van der Waals surface area contributed by atoms with Gasteiger partial charge in [-0.15, -0.1) is 0 Å². The second-order valence-corrected chi connectivity index (χ2v) is 9.16. The Morgan fingerprint density at radius 2 is 1.83 bits per heavy atom. The zero-order valence-electron chi connectivity index (χ0n) is 17.1. The van der Waals surface area contributed by atoms with Gasteiger partial charge in [0.05, 0.1) is 12.7 Å². The van der Waals surface area contributed by atoms with E-state index in [4.69, 9.17) is 9.47 Å². The zero-order valence-corrected chi connectivity index (χ0v) is 17.1. The minimum atomic E-state index is -0.254. The second-order valence-electron chi connectivity index (χ2n) is 9.16. The van der Waals surface area contributed by atoms with Crippen molar-refractivity contribution in [2.24, 2.45) is 17.3 Å². The average Bonchev–Trinajstić information content (AvgIpc) is 2.94. The molecule has 1 saturated heterocycles. The highest BCUT2D eigenvalue weighted by molar-refractivity contribution is 4.91. The Bertz CT molecular complexity index is 372. The lowest BCUT2D eigenvalue weighted by atomic mass is 9.64. The molecule has 0 amide bonds. The fraction of sp³-hybridized carbons (Fsp3) is 1.00. The molecule has 0 N–H and O–H groups in total. The Morgan fingerprint density at radius 3 is 2.42 bits per heavy atom. The van der Waals surface area contributed by atoms with Crippen LogP contribution in [0.4, 0.5) is 0 Å². The van der Waals surface area contributed by atoms with E-state index in [-0.39, 0.29) is 5.79 Å². The van der Waals surface area contributed by atoms with Gasteiger partial charge in [-0.25, -0.2) is 0 Å². The van der Waals surface area contributed by atoms with E-state index in [1.165, 1.54) is 32.2 Å². The first kappa shape index (κ1) is 20.2. The van der Waals surface area contributed by atoms with Crippen LogP contribution in [-0.4, -0.2) is 43.5 Å². The molecule has 1 aliphatic heterocycles. The van der Waals surface area contributed by atoms with Gasteiger partial charge < -0.3 is 14.4 Å². The SMILES string of the molecule is CCCCN(C)CCC1COC2(CCC(C(C)(C)C(C)C)CC2)O1. The predicted molar refractivity (Wildman–Crippen MR) is 101 cm³/mol. The topological polar surface area (TPSA) is 21.7 Å². The molecule has 2 aliphatic rings. The van der Waals surface area contributed by atoms with E-state index in [1.807, 2.05) is 0 Å². The first-order valence-corrected chi connectivity index (χ1v) is 10.3. The molecule has 1 aliphatic carbocycles. The summed E-state index contributed by atoms with van der Waals surface area (Å²) in [5.41, 5.74) is 0.418. The van der Waals surface area contributed by atoms with Gasteiger partial charge in [-0.05, 0) is 56.5 Å². The van der Waals surface area contributed by atoms with Gasteiger partial charge in [0, 0.05) is 19.4 Å². The van der Waals surface area contributed by atoms with Crippen LogP contribution in [0.5, 0.6) is 0 Å². The molecular formula is C21H41NO2. The summed E-state index contributed by atoms with van der Waals surface area (Å²) in [5, 5.41) is 0. The van der Waals surface area contributed by atoms with Gasteiger partial charge in [0.15, 0.2) is 5.79 Å². The third-order valence-electron chi connectivity index (χ3n) is 6.93. The summed E-state index contributed by atoms with van der Waals surface area (Å²) in [4.78, 5) is 2.43. The van der Waals surface area contributed by atoms with Crippen LogP contribution in [0.1, 0.15) is 79.6 Å². The Kier molecular flexibility index (Phi) is 7.16. The summed E-state index contributed by atoms with van der Waals surface area (Å²) >= 11 is 0. The number of rotatable bonds is 8. The smallest absolute Gasteiger partial charge is 0.168 e. The third kappa shape index (κ3) is 4.95. The van der Waals surface area contributed by atoms with Crippen molar-refractivity contribution in [2.75, 3.05) is 26.7 Å². The number of hydrogen-bond donors (Lipinski definition) is 0. The van der Waals surface area contributed by atoms with Crippen molar-refractivity contribution in [1.29, 1.82) is 0 Å². The van der Waals surface area contributed by atoms with E-state index < -0.39 is 0 Å². The molecule has 0 radical (unpaired) electrons. The maximum Gasteiger partial charge on any atom is 0.168 e. The molecule has 1 spiro atoms. The Balaban J connectivity index is 1.75. The molecule has 2 rings (SSSR count). The van der Waals surface area contributed by atoms with Crippen molar-refractivity contribution >= 4 is 0 Å². The highest BCUT2D eigenvalue weighted by Crippen LogP contribution is 2.48.